The molecule has 8 amide bonds. The fraction of sp³-hybridized carbons (Fsp3) is 0.566. The van der Waals surface area contributed by atoms with Gasteiger partial charge in [-0.05, 0) is 50.3 Å². The number of guanidine groups is 1. The number of carbonyl (C=O) groups excluding carboxylic acids is 7. The lowest BCUT2D eigenvalue weighted by atomic mass is 9.99. The largest absolute Gasteiger partial charge is 0.508 e. The fourth-order valence-electron chi connectivity index (χ4n) is 8.14. The summed E-state index contributed by atoms with van der Waals surface area (Å²) in [6, 6.07) is 6.07. The average molecular weight is 1210 g/mol. The number of aliphatic imine (C=N–C) groups is 1. The molecule has 32 heteroatoms. The Bertz CT molecular complexity index is 2530. The molecule has 3 rings (SSSR count). The van der Waals surface area contributed by atoms with Crippen LogP contribution in [0.4, 0.5) is 13.6 Å². The zero-order valence-corrected chi connectivity index (χ0v) is 47.8. The van der Waals surface area contributed by atoms with Crippen molar-refractivity contribution in [2.75, 3.05) is 124 Å². The summed E-state index contributed by atoms with van der Waals surface area (Å²) in [6.07, 6.45) is 1.26. The number of amides is 8. The minimum atomic E-state index is -1.21. The molecule has 1 aliphatic rings. The van der Waals surface area contributed by atoms with Crippen LogP contribution in [0, 0.1) is 11.6 Å². The quantitative estimate of drug-likeness (QED) is 0.0153. The molecule has 1 fully saturated rings. The summed E-state index contributed by atoms with van der Waals surface area (Å²) >= 11 is 0. The number of nitrogens with two attached hydrogens (primary N) is 1. The summed E-state index contributed by atoms with van der Waals surface area (Å²) in [4.78, 5) is 138. The number of aromatic hydroxyl groups is 1. The number of aliphatic carboxylic acids is 3. The lowest BCUT2D eigenvalue weighted by Gasteiger charge is -2.32. The van der Waals surface area contributed by atoms with Gasteiger partial charge in [0.25, 0.3) is 0 Å². The third-order valence-electron chi connectivity index (χ3n) is 12.8. The van der Waals surface area contributed by atoms with Crippen molar-refractivity contribution in [2.24, 2.45) is 10.7 Å². The van der Waals surface area contributed by atoms with Gasteiger partial charge in [0.15, 0.2) is 12.6 Å². The van der Waals surface area contributed by atoms with E-state index in [4.69, 9.17) is 15.3 Å². The van der Waals surface area contributed by atoms with E-state index in [1.807, 2.05) is 0 Å². The van der Waals surface area contributed by atoms with Crippen LogP contribution in [0.1, 0.15) is 69.4 Å². The second-order valence-electron chi connectivity index (χ2n) is 19.6. The van der Waals surface area contributed by atoms with E-state index in [9.17, 15) is 77.2 Å². The molecule has 1 unspecified atom stereocenters. The van der Waals surface area contributed by atoms with Gasteiger partial charge in [-0.25, -0.2) is 19.1 Å². The molecule has 1 saturated heterocycles. The summed E-state index contributed by atoms with van der Waals surface area (Å²) in [6.45, 7) is 3.66. The summed E-state index contributed by atoms with van der Waals surface area (Å²) in [7, 11) is 0. The molecule has 0 bridgehead atoms. The number of phenolic OH excluding ortho intramolecular Hbond substituents is 1. The Hall–Kier alpha value is -8.33. The second kappa shape index (κ2) is 39.3. The predicted molar refractivity (Wildman–Crippen MR) is 300 cm³/mol. The number of benzene rings is 2. The normalized spacial score (nSPS) is 14.7. The zero-order chi connectivity index (χ0) is 62.7. The van der Waals surface area contributed by atoms with E-state index >= 15 is 0 Å². The molecule has 30 nitrogen and oxygen atoms in total. The van der Waals surface area contributed by atoms with E-state index < -0.39 is 102 Å². The molecule has 2 atom stereocenters. The van der Waals surface area contributed by atoms with Gasteiger partial charge in [0.2, 0.25) is 35.4 Å². The van der Waals surface area contributed by atoms with E-state index in [1.54, 1.807) is 57.7 Å². The van der Waals surface area contributed by atoms with Gasteiger partial charge in [-0.15, -0.1) is 0 Å². The maximum absolute atomic E-state index is 14.5. The van der Waals surface area contributed by atoms with Crippen LogP contribution in [0.5, 0.6) is 11.5 Å². The van der Waals surface area contributed by atoms with Crippen molar-refractivity contribution >= 4 is 65.3 Å². The molecule has 472 valence electrons. The molecule has 14 N–H and O–H groups in total. The number of ether oxygens (including phenoxy) is 1. The van der Waals surface area contributed by atoms with E-state index in [0.717, 1.165) is 0 Å². The topological polar surface area (TPSA) is 418 Å². The molecule has 0 radical (unpaired) electrons. The number of phenols is 1. The van der Waals surface area contributed by atoms with Gasteiger partial charge in [0.05, 0.1) is 38.7 Å². The van der Waals surface area contributed by atoms with Crippen LogP contribution in [0.3, 0.4) is 0 Å². The maximum Gasteiger partial charge on any atom is 0.344 e. The summed E-state index contributed by atoms with van der Waals surface area (Å²) in [5.41, 5.74) is 7.98. The van der Waals surface area contributed by atoms with Crippen LogP contribution < -0.4 is 53.2 Å². The Kier molecular flexibility index (Phi) is 32.8. The molecule has 0 aliphatic carbocycles. The highest BCUT2D eigenvalue weighted by Crippen LogP contribution is 2.23. The van der Waals surface area contributed by atoms with Gasteiger partial charge in [0, 0.05) is 122 Å². The third kappa shape index (κ3) is 30.7. The van der Waals surface area contributed by atoms with Crippen molar-refractivity contribution in [1.29, 1.82) is 0 Å². The molecule has 0 spiro atoms. The fourth-order valence-corrected chi connectivity index (χ4v) is 8.14. The van der Waals surface area contributed by atoms with E-state index in [-0.39, 0.29) is 155 Å². The molecule has 1 aliphatic heterocycles. The molecular formula is C53H80F2N14O16. The number of rotatable bonds is 34. The van der Waals surface area contributed by atoms with E-state index in [0.29, 0.717) is 36.3 Å². The number of nitrogens with zero attached hydrogens (tertiary/aromatic N) is 5. The number of carboxylic acids is 3. The molecule has 2 aromatic rings. The monoisotopic (exact) mass is 1210 g/mol. The summed E-state index contributed by atoms with van der Waals surface area (Å²) < 4.78 is 34.8. The second-order valence-corrected chi connectivity index (χ2v) is 19.6. The first kappa shape index (κ1) is 70.9. The van der Waals surface area contributed by atoms with Crippen molar-refractivity contribution < 1.29 is 86.7 Å². The van der Waals surface area contributed by atoms with Gasteiger partial charge < -0.3 is 68.1 Å². The minimum Gasteiger partial charge on any atom is -0.508 e. The molecule has 0 saturated carbocycles. The predicted octanol–water partition coefficient (Wildman–Crippen LogP) is -2.20. The highest BCUT2D eigenvalue weighted by Gasteiger charge is 2.26. The van der Waals surface area contributed by atoms with Crippen LogP contribution in [0.2, 0.25) is 0 Å². The standard InChI is InChI=1S/C53H80F2N14O16/c1-3-43(71)59-15-16-61-53(83)64-52(56)60-13-7-10-42(51(82)62-29-39-40(54)27-37(70)28-41(39)55)63-50(81)35(2)36-8-6-9-38(26-36)84-25-5-4-12-57-46(74)34-85-65-44(72)11-14-58-45(73)30-66-17-19-67(31-47(75)76)21-23-69(33-49(79)80)24-22-68(20-18-66)32-48(77)78/h6,8-9,26-28,35,42,70H,3-5,7,10-25,29-34H2,1-2H3,(H,57,74)(H,58,73)(H,59,71)(H,62,82)(H,63,81)(H,65,72)(H,75,76)(H,77,78)(H,79,80)(H4,56,60,61,64,83)/t35?,42-/m1/s1. The average Bonchev–Trinajstić information content (AvgIpc) is 3.64. The Morgan fingerprint density at radius 3 is 1.75 bits per heavy atom. The van der Waals surface area contributed by atoms with Crippen LogP contribution in [0.25, 0.3) is 0 Å². The zero-order valence-electron chi connectivity index (χ0n) is 47.8. The summed E-state index contributed by atoms with van der Waals surface area (Å²) in [5.74, 6) is -9.84. The van der Waals surface area contributed by atoms with Crippen LogP contribution >= 0.6 is 0 Å². The lowest BCUT2D eigenvalue weighted by molar-refractivity contribution is -0.140. The van der Waals surface area contributed by atoms with Gasteiger partial charge in [0.1, 0.15) is 29.2 Å². The van der Waals surface area contributed by atoms with Crippen molar-refractivity contribution in [1.82, 2.24) is 62.3 Å². The number of halogens is 2. The first-order chi connectivity index (χ1) is 40.5. The highest BCUT2D eigenvalue weighted by atomic mass is 19.1. The maximum atomic E-state index is 14.5. The van der Waals surface area contributed by atoms with Gasteiger partial charge >= 0.3 is 23.9 Å². The number of nitrogens with one attached hydrogen (secondary N) is 8. The molecule has 0 aromatic heterocycles. The Morgan fingerprint density at radius 2 is 1.18 bits per heavy atom. The van der Waals surface area contributed by atoms with Crippen molar-refractivity contribution in [2.45, 2.75) is 70.9 Å². The van der Waals surface area contributed by atoms with E-state index in [1.165, 1.54) is 0 Å². The van der Waals surface area contributed by atoms with Crippen LogP contribution in [-0.2, 0) is 54.5 Å². The molecule has 85 heavy (non-hydrogen) atoms. The Labute approximate surface area is 489 Å². The first-order valence-corrected chi connectivity index (χ1v) is 27.6. The van der Waals surface area contributed by atoms with Crippen LogP contribution in [-0.4, -0.2) is 236 Å². The minimum absolute atomic E-state index is 0.00123. The number of hydrogen-bond donors (Lipinski definition) is 13. The number of carboxylic acid groups (broad SMARTS) is 3. The highest BCUT2D eigenvalue weighted by molar-refractivity contribution is 5.92. The van der Waals surface area contributed by atoms with Crippen molar-refractivity contribution in [3.05, 3.63) is 59.2 Å². The third-order valence-corrected chi connectivity index (χ3v) is 12.8. The van der Waals surface area contributed by atoms with Gasteiger partial charge in [-0.3, -0.25) is 67.6 Å². The van der Waals surface area contributed by atoms with Gasteiger partial charge in [-0.2, -0.15) is 4.99 Å². The van der Waals surface area contributed by atoms with E-state index in [2.05, 4.69) is 47.7 Å². The SMILES string of the molecule is CCC(=O)NCCNC(=O)/N=C(/N)NCCC[C@@H](NC(=O)C(C)c1cccc(OCCCCNC(=O)CONC(=O)CCNC(=O)CN2CCN(CC(=O)O)CCN(CC(=O)O)CCN(CC(=O)O)CC2)c1)C(=O)NCc1c(F)cc(O)cc1F. The smallest absolute Gasteiger partial charge is 0.344 e. The number of urea groups is 1. The molecular weight excluding hydrogens is 1130 g/mol. The number of hydroxylamine groups is 1. The lowest BCUT2D eigenvalue weighted by Crippen LogP contribution is -2.50. The first-order valence-electron chi connectivity index (χ1n) is 27.6. The number of carbonyl (C=O) groups is 10. The van der Waals surface area contributed by atoms with Crippen LogP contribution in [0.15, 0.2) is 41.4 Å². The number of hydrogen-bond acceptors (Lipinski definition) is 17. The van der Waals surface area contributed by atoms with Crippen molar-refractivity contribution in [3.63, 3.8) is 0 Å². The number of unbranched alkanes of at least 4 members (excludes halogenated alkanes) is 1. The molecule has 1 heterocycles. The molecule has 2 aromatic carbocycles. The Balaban J connectivity index is 1.40. The van der Waals surface area contributed by atoms with Crippen molar-refractivity contribution in [3.8, 4) is 11.5 Å². The Morgan fingerprint density at radius 1 is 0.635 bits per heavy atom. The van der Waals surface area contributed by atoms with Gasteiger partial charge in [-0.1, -0.05) is 19.1 Å². The summed E-state index contributed by atoms with van der Waals surface area (Å²) in [5, 5.41) is 56.0.